The Balaban J connectivity index is 1.76. The van der Waals surface area contributed by atoms with Gasteiger partial charge in [-0.1, -0.05) is 24.3 Å². The molecular weight excluding hydrogens is 216 g/mol. The van der Waals surface area contributed by atoms with Gasteiger partial charge < -0.3 is 5.11 Å². The lowest BCUT2D eigenvalue weighted by Crippen LogP contribution is -2.09. The van der Waals surface area contributed by atoms with E-state index in [0.29, 0.717) is 0 Å². The monoisotopic (exact) mass is 234 g/mol. The van der Waals surface area contributed by atoms with Crippen molar-refractivity contribution in [2.75, 3.05) is 11.5 Å². The largest absolute Gasteiger partial charge is 0.385 e. The van der Waals surface area contributed by atoms with Crippen LogP contribution >= 0.6 is 11.8 Å². The minimum absolute atomic E-state index is 0.471. The van der Waals surface area contributed by atoms with Gasteiger partial charge in [-0.05, 0) is 54.2 Å². The highest BCUT2D eigenvalue weighted by atomic mass is 32.2. The predicted octanol–water partition coefficient (Wildman–Crippen LogP) is 3.28. The molecule has 3 rings (SSSR count). The van der Waals surface area contributed by atoms with Gasteiger partial charge in [0.25, 0.3) is 0 Å². The fourth-order valence-electron chi connectivity index (χ4n) is 2.50. The van der Waals surface area contributed by atoms with Crippen molar-refractivity contribution in [2.45, 2.75) is 37.2 Å². The van der Waals surface area contributed by atoms with Crippen molar-refractivity contribution in [1.82, 2.24) is 0 Å². The fraction of sp³-hybridized carbons (Fsp3) is 0.571. The predicted molar refractivity (Wildman–Crippen MR) is 68.9 cm³/mol. The quantitative estimate of drug-likeness (QED) is 0.847. The highest BCUT2D eigenvalue weighted by Gasteiger charge is 2.41. The van der Waals surface area contributed by atoms with Gasteiger partial charge >= 0.3 is 0 Å². The molecule has 1 nitrogen and oxygen atoms in total. The highest BCUT2D eigenvalue weighted by Crippen LogP contribution is 2.45. The zero-order chi connectivity index (χ0) is 11.0. The molecule has 86 valence electrons. The van der Waals surface area contributed by atoms with Crippen molar-refractivity contribution in [1.29, 1.82) is 0 Å². The maximum absolute atomic E-state index is 10.00. The molecule has 0 amide bonds. The van der Waals surface area contributed by atoms with Crippen LogP contribution in [0.15, 0.2) is 24.3 Å². The lowest BCUT2D eigenvalue weighted by Gasteiger charge is -2.22. The number of benzene rings is 1. The van der Waals surface area contributed by atoms with Gasteiger partial charge in [0.2, 0.25) is 0 Å². The van der Waals surface area contributed by atoms with Crippen LogP contribution in [0.25, 0.3) is 0 Å². The Bertz CT molecular complexity index is 361. The van der Waals surface area contributed by atoms with E-state index in [2.05, 4.69) is 36.0 Å². The van der Waals surface area contributed by atoms with Gasteiger partial charge in [-0.3, -0.25) is 0 Å². The first kappa shape index (κ1) is 10.7. The van der Waals surface area contributed by atoms with Gasteiger partial charge in [0.05, 0.1) is 5.60 Å². The van der Waals surface area contributed by atoms with Crippen LogP contribution in [-0.2, 0) is 5.60 Å². The van der Waals surface area contributed by atoms with Crippen LogP contribution in [-0.4, -0.2) is 16.6 Å². The van der Waals surface area contributed by atoms with Crippen LogP contribution in [0.4, 0.5) is 0 Å². The second kappa shape index (κ2) is 4.08. The molecule has 1 heterocycles. The van der Waals surface area contributed by atoms with Crippen molar-refractivity contribution in [3.05, 3.63) is 35.4 Å². The summed E-state index contributed by atoms with van der Waals surface area (Å²) in [5.41, 5.74) is 2.11. The Morgan fingerprint density at radius 2 is 1.69 bits per heavy atom. The zero-order valence-corrected chi connectivity index (χ0v) is 10.3. The summed E-state index contributed by atoms with van der Waals surface area (Å²) in [4.78, 5) is 0. The molecule has 0 unspecified atom stereocenters. The molecule has 16 heavy (non-hydrogen) atoms. The van der Waals surface area contributed by atoms with Crippen LogP contribution in [0, 0.1) is 0 Å². The van der Waals surface area contributed by atoms with E-state index < -0.39 is 5.60 Å². The molecular formula is C14H18OS. The third-order valence-electron chi connectivity index (χ3n) is 3.86. The molecule has 0 bridgehead atoms. The molecule has 1 aliphatic heterocycles. The molecule has 1 N–H and O–H groups in total. The zero-order valence-electron chi connectivity index (χ0n) is 9.48. The second-order valence-electron chi connectivity index (χ2n) is 5.04. The number of hydrogen-bond donors (Lipinski definition) is 1. The summed E-state index contributed by atoms with van der Waals surface area (Å²) in [6.07, 6.45) is 4.50. The van der Waals surface area contributed by atoms with Crippen LogP contribution in [0.5, 0.6) is 0 Å². The number of aliphatic hydroxyl groups is 1. The van der Waals surface area contributed by atoms with Gasteiger partial charge in [0.1, 0.15) is 0 Å². The number of thioether (sulfide) groups is 1. The first-order valence-electron chi connectivity index (χ1n) is 6.18. The average molecular weight is 234 g/mol. The normalized spacial score (nSPS) is 24.3. The summed E-state index contributed by atoms with van der Waals surface area (Å²) in [5, 5.41) is 10.00. The van der Waals surface area contributed by atoms with E-state index in [1.807, 2.05) is 0 Å². The summed E-state index contributed by atoms with van der Waals surface area (Å²) in [6, 6.07) is 8.71. The van der Waals surface area contributed by atoms with Crippen molar-refractivity contribution in [3.8, 4) is 0 Å². The smallest absolute Gasteiger partial charge is 0.0899 e. The van der Waals surface area contributed by atoms with E-state index in [1.54, 1.807) is 0 Å². The number of hydrogen-bond acceptors (Lipinski definition) is 2. The maximum Gasteiger partial charge on any atom is 0.0899 e. The Morgan fingerprint density at radius 1 is 1.06 bits per heavy atom. The van der Waals surface area contributed by atoms with Crippen LogP contribution in [0.1, 0.15) is 42.7 Å². The lowest BCUT2D eigenvalue weighted by atomic mass is 9.92. The van der Waals surface area contributed by atoms with E-state index in [1.165, 1.54) is 29.9 Å². The van der Waals surface area contributed by atoms with Crippen molar-refractivity contribution in [3.63, 3.8) is 0 Å². The molecule has 2 aliphatic rings. The van der Waals surface area contributed by atoms with Crippen molar-refractivity contribution >= 4 is 11.8 Å². The second-order valence-corrected chi connectivity index (χ2v) is 6.26. The van der Waals surface area contributed by atoms with Crippen molar-refractivity contribution in [2.24, 2.45) is 0 Å². The summed E-state index contributed by atoms with van der Waals surface area (Å²) >= 11 is 2.07. The van der Waals surface area contributed by atoms with Gasteiger partial charge in [0.15, 0.2) is 0 Å². The van der Waals surface area contributed by atoms with Gasteiger partial charge in [-0.15, -0.1) is 0 Å². The molecule has 1 aliphatic carbocycles. The number of rotatable bonds is 2. The van der Waals surface area contributed by atoms with Crippen LogP contribution in [0.2, 0.25) is 0 Å². The van der Waals surface area contributed by atoms with E-state index in [0.717, 1.165) is 24.3 Å². The molecule has 0 aromatic heterocycles. The third kappa shape index (κ3) is 2.01. The van der Waals surface area contributed by atoms with Crippen LogP contribution < -0.4 is 0 Å². The SMILES string of the molecule is OC1(c2ccc(C3CCSCC3)cc2)CC1. The molecule has 0 radical (unpaired) electrons. The highest BCUT2D eigenvalue weighted by molar-refractivity contribution is 7.99. The van der Waals surface area contributed by atoms with E-state index in [-0.39, 0.29) is 0 Å². The van der Waals surface area contributed by atoms with E-state index in [9.17, 15) is 5.11 Å². The lowest BCUT2D eigenvalue weighted by molar-refractivity contribution is 0.151. The maximum atomic E-state index is 10.00. The van der Waals surface area contributed by atoms with Crippen molar-refractivity contribution < 1.29 is 5.11 Å². The third-order valence-corrected chi connectivity index (χ3v) is 4.91. The van der Waals surface area contributed by atoms with E-state index in [4.69, 9.17) is 0 Å². The molecule has 2 fully saturated rings. The Kier molecular flexibility index (Phi) is 2.72. The molecule has 1 aromatic rings. The Morgan fingerprint density at radius 3 is 2.25 bits per heavy atom. The first-order chi connectivity index (χ1) is 7.78. The molecule has 1 aromatic carbocycles. The van der Waals surface area contributed by atoms with E-state index >= 15 is 0 Å². The summed E-state index contributed by atoms with van der Waals surface area (Å²) in [6.45, 7) is 0. The first-order valence-corrected chi connectivity index (χ1v) is 7.34. The summed E-state index contributed by atoms with van der Waals surface area (Å²) in [5.74, 6) is 3.36. The molecule has 0 atom stereocenters. The van der Waals surface area contributed by atoms with Crippen LogP contribution in [0.3, 0.4) is 0 Å². The molecule has 1 saturated heterocycles. The van der Waals surface area contributed by atoms with Gasteiger partial charge in [-0.25, -0.2) is 0 Å². The summed E-state index contributed by atoms with van der Waals surface area (Å²) < 4.78 is 0. The fourth-order valence-corrected chi connectivity index (χ4v) is 3.61. The minimum atomic E-state index is -0.471. The van der Waals surface area contributed by atoms with Gasteiger partial charge in [-0.2, -0.15) is 11.8 Å². The Labute approximate surface area is 101 Å². The molecule has 0 spiro atoms. The molecule has 1 saturated carbocycles. The molecule has 2 heteroatoms. The Hall–Kier alpha value is -0.470. The standard InChI is InChI=1S/C14H18OS/c15-14(7-8-14)13-3-1-11(2-4-13)12-5-9-16-10-6-12/h1-4,12,15H,5-10H2. The topological polar surface area (TPSA) is 20.2 Å². The van der Waals surface area contributed by atoms with Gasteiger partial charge in [0, 0.05) is 0 Å². The average Bonchev–Trinajstić information content (AvgIpc) is 3.10. The minimum Gasteiger partial charge on any atom is -0.385 e. The summed E-state index contributed by atoms with van der Waals surface area (Å²) in [7, 11) is 0.